The second-order valence-electron chi connectivity index (χ2n) is 5.27. The molecule has 0 amide bonds. The van der Waals surface area contributed by atoms with Gasteiger partial charge in [-0.2, -0.15) is 0 Å². The Hall–Kier alpha value is -1.81. The van der Waals surface area contributed by atoms with E-state index in [9.17, 15) is 0 Å². The van der Waals surface area contributed by atoms with E-state index >= 15 is 0 Å². The monoisotopic (exact) mass is 254 g/mol. The minimum absolute atomic E-state index is 0.00441. The Kier molecular flexibility index (Phi) is 3.03. The number of hydrogen-bond donors (Lipinski definition) is 1. The highest BCUT2D eigenvalue weighted by Gasteiger charge is 2.40. The Labute approximate surface area is 113 Å². The molecule has 0 unspecified atom stereocenters. The molecule has 0 radical (unpaired) electrons. The normalized spacial score (nSPS) is 16.9. The van der Waals surface area contributed by atoms with Crippen LogP contribution in [0.4, 0.5) is 0 Å². The molecular formula is C15H18N4. The van der Waals surface area contributed by atoms with Gasteiger partial charge >= 0.3 is 0 Å². The zero-order chi connectivity index (χ0) is 13.3. The van der Waals surface area contributed by atoms with Crippen molar-refractivity contribution in [3.8, 4) is 11.4 Å². The van der Waals surface area contributed by atoms with Gasteiger partial charge < -0.3 is 5.73 Å². The first-order chi connectivity index (χ1) is 9.23. The number of rotatable bonds is 3. The van der Waals surface area contributed by atoms with E-state index in [-0.39, 0.29) is 5.41 Å². The maximum absolute atomic E-state index is 5.94. The largest absolute Gasteiger partial charge is 0.329 e. The summed E-state index contributed by atoms with van der Waals surface area (Å²) >= 11 is 0. The Morgan fingerprint density at radius 3 is 2.63 bits per heavy atom. The molecule has 1 aliphatic rings. The lowest BCUT2D eigenvalue weighted by molar-refractivity contribution is 0.238. The standard InChI is InChI=1S/C15H18N4/c1-11-9-13(12-5-2-3-8-17-12)19-14(18-11)15(10-16)6-4-7-15/h2-3,5,8-9H,4,6-7,10,16H2,1H3. The van der Waals surface area contributed by atoms with Crippen LogP contribution in [0.5, 0.6) is 0 Å². The van der Waals surface area contributed by atoms with E-state index in [1.165, 1.54) is 6.42 Å². The van der Waals surface area contributed by atoms with Crippen LogP contribution >= 0.6 is 0 Å². The van der Waals surface area contributed by atoms with E-state index in [1.807, 2.05) is 31.2 Å². The summed E-state index contributed by atoms with van der Waals surface area (Å²) in [5.74, 6) is 0.891. The minimum atomic E-state index is -0.00441. The van der Waals surface area contributed by atoms with Gasteiger partial charge in [-0.15, -0.1) is 0 Å². The highest BCUT2D eigenvalue weighted by Crippen LogP contribution is 2.41. The van der Waals surface area contributed by atoms with Gasteiger partial charge in [-0.3, -0.25) is 4.98 Å². The van der Waals surface area contributed by atoms with Crippen LogP contribution in [0, 0.1) is 6.92 Å². The van der Waals surface area contributed by atoms with E-state index < -0.39 is 0 Å². The molecule has 19 heavy (non-hydrogen) atoms. The Balaban J connectivity index is 2.06. The minimum Gasteiger partial charge on any atom is -0.329 e. The molecule has 2 aromatic heterocycles. The summed E-state index contributed by atoms with van der Waals surface area (Å²) in [6.07, 6.45) is 5.19. The van der Waals surface area contributed by atoms with Crippen molar-refractivity contribution < 1.29 is 0 Å². The number of aromatic nitrogens is 3. The van der Waals surface area contributed by atoms with Gasteiger partial charge in [-0.1, -0.05) is 12.5 Å². The third-order valence-electron chi connectivity index (χ3n) is 3.96. The molecule has 0 aliphatic heterocycles. The molecule has 0 spiro atoms. The molecule has 2 N–H and O–H groups in total. The van der Waals surface area contributed by atoms with E-state index in [1.54, 1.807) is 6.20 Å². The Bertz CT molecular complexity index is 570. The average Bonchev–Trinajstić information content (AvgIpc) is 2.39. The topological polar surface area (TPSA) is 64.7 Å². The number of aryl methyl sites for hydroxylation is 1. The lowest BCUT2D eigenvalue weighted by Gasteiger charge is -2.39. The molecular weight excluding hydrogens is 236 g/mol. The van der Waals surface area contributed by atoms with E-state index in [2.05, 4.69) is 9.97 Å². The fourth-order valence-corrected chi connectivity index (χ4v) is 2.57. The first kappa shape index (κ1) is 12.2. The smallest absolute Gasteiger partial charge is 0.136 e. The molecule has 2 heterocycles. The molecule has 0 atom stereocenters. The van der Waals surface area contributed by atoms with Crippen molar-refractivity contribution in [2.75, 3.05) is 6.54 Å². The SMILES string of the molecule is Cc1cc(-c2ccccn2)nc(C2(CN)CCC2)n1. The van der Waals surface area contributed by atoms with Crippen LogP contribution in [0.15, 0.2) is 30.5 Å². The summed E-state index contributed by atoms with van der Waals surface area (Å²) in [5, 5.41) is 0. The predicted octanol–water partition coefficient (Wildman–Crippen LogP) is 2.23. The average molecular weight is 254 g/mol. The second kappa shape index (κ2) is 4.70. The number of hydrogen-bond acceptors (Lipinski definition) is 4. The lowest BCUT2D eigenvalue weighted by atomic mass is 9.68. The number of nitrogens with zero attached hydrogens (tertiary/aromatic N) is 3. The summed E-state index contributed by atoms with van der Waals surface area (Å²) in [6, 6.07) is 7.84. The molecule has 4 heteroatoms. The van der Waals surface area contributed by atoms with Crippen molar-refractivity contribution in [1.29, 1.82) is 0 Å². The van der Waals surface area contributed by atoms with Crippen molar-refractivity contribution >= 4 is 0 Å². The van der Waals surface area contributed by atoms with Gasteiger partial charge in [0, 0.05) is 23.9 Å². The van der Waals surface area contributed by atoms with Gasteiger partial charge in [-0.25, -0.2) is 9.97 Å². The van der Waals surface area contributed by atoms with E-state index in [0.29, 0.717) is 6.54 Å². The van der Waals surface area contributed by atoms with Crippen molar-refractivity contribution in [3.63, 3.8) is 0 Å². The third-order valence-corrected chi connectivity index (χ3v) is 3.96. The van der Waals surface area contributed by atoms with Crippen LogP contribution in [0.1, 0.15) is 30.8 Å². The molecule has 4 nitrogen and oxygen atoms in total. The second-order valence-corrected chi connectivity index (χ2v) is 5.27. The van der Waals surface area contributed by atoms with Gasteiger partial charge in [0.15, 0.2) is 0 Å². The first-order valence-electron chi connectivity index (χ1n) is 6.71. The molecule has 0 aromatic carbocycles. The van der Waals surface area contributed by atoms with Crippen molar-refractivity contribution in [3.05, 3.63) is 42.0 Å². The zero-order valence-electron chi connectivity index (χ0n) is 11.1. The molecule has 1 fully saturated rings. The molecule has 3 rings (SSSR count). The zero-order valence-corrected chi connectivity index (χ0v) is 11.1. The lowest BCUT2D eigenvalue weighted by Crippen LogP contribution is -2.43. The van der Waals surface area contributed by atoms with Gasteiger partial charge in [0.05, 0.1) is 11.4 Å². The molecule has 0 saturated heterocycles. The van der Waals surface area contributed by atoms with E-state index in [0.717, 1.165) is 35.7 Å². The van der Waals surface area contributed by atoms with Crippen molar-refractivity contribution in [2.45, 2.75) is 31.6 Å². The van der Waals surface area contributed by atoms with Crippen LogP contribution in [0.25, 0.3) is 11.4 Å². The fourth-order valence-electron chi connectivity index (χ4n) is 2.57. The first-order valence-corrected chi connectivity index (χ1v) is 6.71. The van der Waals surface area contributed by atoms with Crippen molar-refractivity contribution in [1.82, 2.24) is 15.0 Å². The molecule has 2 aromatic rings. The number of nitrogens with two attached hydrogens (primary N) is 1. The molecule has 98 valence electrons. The van der Waals surface area contributed by atoms with Gasteiger partial charge in [0.2, 0.25) is 0 Å². The highest BCUT2D eigenvalue weighted by atomic mass is 14.9. The predicted molar refractivity (Wildman–Crippen MR) is 74.6 cm³/mol. The fraction of sp³-hybridized carbons (Fsp3) is 0.400. The van der Waals surface area contributed by atoms with Gasteiger partial charge in [0.25, 0.3) is 0 Å². The highest BCUT2D eigenvalue weighted by molar-refractivity contribution is 5.54. The van der Waals surface area contributed by atoms with Crippen LogP contribution in [0.2, 0.25) is 0 Å². The quantitative estimate of drug-likeness (QED) is 0.912. The number of pyridine rings is 1. The van der Waals surface area contributed by atoms with Gasteiger partial charge in [0.1, 0.15) is 5.82 Å². The van der Waals surface area contributed by atoms with Crippen LogP contribution in [-0.2, 0) is 5.41 Å². The summed E-state index contributed by atoms with van der Waals surface area (Å²) in [7, 11) is 0. The van der Waals surface area contributed by atoms with Gasteiger partial charge in [-0.05, 0) is 38.0 Å². The molecule has 1 saturated carbocycles. The van der Waals surface area contributed by atoms with Crippen LogP contribution in [-0.4, -0.2) is 21.5 Å². The third kappa shape index (κ3) is 2.12. The Morgan fingerprint density at radius 1 is 1.21 bits per heavy atom. The summed E-state index contributed by atoms with van der Waals surface area (Å²) < 4.78 is 0. The maximum atomic E-state index is 5.94. The molecule has 0 bridgehead atoms. The Morgan fingerprint density at radius 2 is 2.05 bits per heavy atom. The van der Waals surface area contributed by atoms with Crippen molar-refractivity contribution in [2.24, 2.45) is 5.73 Å². The maximum Gasteiger partial charge on any atom is 0.136 e. The molecule has 1 aliphatic carbocycles. The van der Waals surface area contributed by atoms with Crippen LogP contribution < -0.4 is 5.73 Å². The summed E-state index contributed by atoms with van der Waals surface area (Å²) in [5.41, 5.74) is 8.70. The van der Waals surface area contributed by atoms with Crippen LogP contribution in [0.3, 0.4) is 0 Å². The summed E-state index contributed by atoms with van der Waals surface area (Å²) in [6.45, 7) is 2.62. The summed E-state index contributed by atoms with van der Waals surface area (Å²) in [4.78, 5) is 13.7. The van der Waals surface area contributed by atoms with E-state index in [4.69, 9.17) is 10.7 Å².